The monoisotopic (exact) mass is 272 g/mol. The highest BCUT2D eigenvalue weighted by Gasteiger charge is 2.16. The lowest BCUT2D eigenvalue weighted by molar-refractivity contribution is -0.142. The van der Waals surface area contributed by atoms with Crippen molar-refractivity contribution in [3.05, 3.63) is 10.6 Å². The molecule has 0 heterocycles. The summed E-state index contributed by atoms with van der Waals surface area (Å²) in [7, 11) is 0. The summed E-state index contributed by atoms with van der Waals surface area (Å²) in [6, 6.07) is 1.76. The largest absolute Gasteiger partial charge is 0.465 e. The Kier molecular flexibility index (Phi) is 8.49. The maximum atomic E-state index is 11.5. The molecule has 0 atom stereocenters. The molecule has 18 heavy (non-hydrogen) atoms. The van der Waals surface area contributed by atoms with Crippen molar-refractivity contribution in [2.24, 2.45) is 0 Å². The van der Waals surface area contributed by atoms with Crippen LogP contribution >= 0.6 is 11.8 Å². The summed E-state index contributed by atoms with van der Waals surface area (Å²) < 4.78 is 9.47. The number of nitrogens with one attached hydrogen (secondary N) is 1. The standard InChI is InChI=1S/C11H16N2O4S/c1-4-16-9(14)7-13-10(18-3)8(6-12)11(15)17-5-2/h13H,4-5,7H2,1-3H3. The van der Waals surface area contributed by atoms with Crippen molar-refractivity contribution in [1.29, 1.82) is 5.26 Å². The first-order valence-corrected chi connectivity index (χ1v) is 6.58. The predicted molar refractivity (Wildman–Crippen MR) is 67.4 cm³/mol. The molecule has 0 unspecified atom stereocenters. The number of carbonyl (C=O) groups is 2. The van der Waals surface area contributed by atoms with E-state index in [0.717, 1.165) is 11.8 Å². The maximum absolute atomic E-state index is 11.5. The minimum absolute atomic E-state index is 0.103. The Morgan fingerprint density at radius 2 is 1.89 bits per heavy atom. The molecule has 0 aromatic heterocycles. The Bertz CT molecular complexity index is 374. The number of thioether (sulfide) groups is 1. The zero-order valence-electron chi connectivity index (χ0n) is 10.6. The molecule has 1 N–H and O–H groups in total. The second-order valence-electron chi connectivity index (χ2n) is 2.90. The van der Waals surface area contributed by atoms with Crippen molar-refractivity contribution in [2.45, 2.75) is 13.8 Å². The van der Waals surface area contributed by atoms with E-state index in [1.807, 2.05) is 0 Å². The first-order chi connectivity index (χ1) is 8.60. The van der Waals surface area contributed by atoms with E-state index in [-0.39, 0.29) is 25.3 Å². The van der Waals surface area contributed by atoms with Gasteiger partial charge in [-0.2, -0.15) is 5.26 Å². The maximum Gasteiger partial charge on any atom is 0.351 e. The number of hydrogen-bond acceptors (Lipinski definition) is 7. The first kappa shape index (κ1) is 16.3. The fraction of sp³-hybridized carbons (Fsp3) is 0.545. The van der Waals surface area contributed by atoms with Gasteiger partial charge in [-0.05, 0) is 20.1 Å². The number of nitriles is 1. The number of rotatable bonds is 7. The number of esters is 2. The van der Waals surface area contributed by atoms with Crippen LogP contribution in [0, 0.1) is 11.3 Å². The van der Waals surface area contributed by atoms with Gasteiger partial charge in [0.25, 0.3) is 0 Å². The second-order valence-corrected chi connectivity index (χ2v) is 3.72. The molecule has 0 aliphatic carbocycles. The van der Waals surface area contributed by atoms with Crippen molar-refractivity contribution >= 4 is 23.7 Å². The van der Waals surface area contributed by atoms with Crippen LogP contribution in [0.1, 0.15) is 13.8 Å². The molecule has 0 amide bonds. The molecule has 0 fully saturated rings. The summed E-state index contributed by atoms with van der Waals surface area (Å²) in [5, 5.41) is 11.9. The molecule has 0 saturated heterocycles. The molecule has 0 aliphatic heterocycles. The summed E-state index contributed by atoms with van der Waals surface area (Å²) in [5.41, 5.74) is -0.145. The van der Waals surface area contributed by atoms with Crippen molar-refractivity contribution in [3.63, 3.8) is 0 Å². The molecular formula is C11H16N2O4S. The van der Waals surface area contributed by atoms with Crippen molar-refractivity contribution in [2.75, 3.05) is 26.0 Å². The lowest BCUT2D eigenvalue weighted by atomic mass is 10.3. The van der Waals surface area contributed by atoms with Gasteiger partial charge in [0.05, 0.1) is 18.2 Å². The van der Waals surface area contributed by atoms with E-state index >= 15 is 0 Å². The van der Waals surface area contributed by atoms with E-state index in [4.69, 9.17) is 14.7 Å². The van der Waals surface area contributed by atoms with Crippen LogP contribution in [0.3, 0.4) is 0 Å². The molecule has 0 aliphatic rings. The average Bonchev–Trinajstić information content (AvgIpc) is 2.34. The van der Waals surface area contributed by atoms with Crippen molar-refractivity contribution in [1.82, 2.24) is 5.32 Å². The summed E-state index contributed by atoms with van der Waals surface area (Å²) >= 11 is 1.15. The van der Waals surface area contributed by atoms with Crippen LogP contribution in [-0.4, -0.2) is 38.0 Å². The van der Waals surface area contributed by atoms with Crippen LogP contribution in [-0.2, 0) is 19.1 Å². The lowest BCUT2D eigenvalue weighted by Gasteiger charge is -2.10. The average molecular weight is 272 g/mol. The Morgan fingerprint density at radius 3 is 2.33 bits per heavy atom. The predicted octanol–water partition coefficient (Wildman–Crippen LogP) is 0.800. The van der Waals surface area contributed by atoms with E-state index in [9.17, 15) is 9.59 Å². The molecule has 0 aromatic rings. The third-order valence-electron chi connectivity index (χ3n) is 1.72. The fourth-order valence-electron chi connectivity index (χ4n) is 1.02. The van der Waals surface area contributed by atoms with E-state index in [1.54, 1.807) is 26.2 Å². The van der Waals surface area contributed by atoms with Gasteiger partial charge in [0.1, 0.15) is 12.6 Å². The van der Waals surface area contributed by atoms with Gasteiger partial charge in [-0.25, -0.2) is 4.79 Å². The first-order valence-electron chi connectivity index (χ1n) is 5.35. The molecular weight excluding hydrogens is 256 g/mol. The molecule has 0 saturated carbocycles. The molecule has 7 heteroatoms. The van der Waals surface area contributed by atoms with Gasteiger partial charge in [-0.3, -0.25) is 4.79 Å². The normalized spacial score (nSPS) is 11.0. The minimum Gasteiger partial charge on any atom is -0.465 e. The number of nitrogens with zero attached hydrogens (tertiary/aromatic N) is 1. The number of hydrogen-bond donors (Lipinski definition) is 1. The second kappa shape index (κ2) is 9.36. The van der Waals surface area contributed by atoms with Crippen LogP contribution in [0.25, 0.3) is 0 Å². The number of carbonyl (C=O) groups excluding carboxylic acids is 2. The van der Waals surface area contributed by atoms with Crippen LogP contribution in [0.2, 0.25) is 0 Å². The Balaban J connectivity index is 4.74. The Hall–Kier alpha value is -1.68. The fourth-order valence-corrected chi connectivity index (χ4v) is 1.57. The highest BCUT2D eigenvalue weighted by molar-refractivity contribution is 8.02. The zero-order chi connectivity index (χ0) is 14.0. The van der Waals surface area contributed by atoms with Crippen molar-refractivity contribution < 1.29 is 19.1 Å². The van der Waals surface area contributed by atoms with Crippen LogP contribution in [0.15, 0.2) is 10.6 Å². The Morgan fingerprint density at radius 1 is 1.28 bits per heavy atom. The molecule has 6 nitrogen and oxygen atoms in total. The molecule has 100 valence electrons. The third-order valence-corrected chi connectivity index (χ3v) is 2.48. The molecule has 0 radical (unpaired) electrons. The summed E-state index contributed by atoms with van der Waals surface area (Å²) in [6.45, 7) is 3.71. The lowest BCUT2D eigenvalue weighted by Crippen LogP contribution is -2.25. The van der Waals surface area contributed by atoms with Crippen LogP contribution in [0.4, 0.5) is 0 Å². The van der Waals surface area contributed by atoms with Crippen LogP contribution in [0.5, 0.6) is 0 Å². The van der Waals surface area contributed by atoms with Gasteiger partial charge in [0.15, 0.2) is 5.57 Å². The SMILES string of the molecule is CCOC(=O)CNC(SC)=C(C#N)C(=O)OCC. The highest BCUT2D eigenvalue weighted by Crippen LogP contribution is 2.14. The van der Waals surface area contributed by atoms with Gasteiger partial charge in [0.2, 0.25) is 0 Å². The summed E-state index contributed by atoms with van der Waals surface area (Å²) in [4.78, 5) is 22.6. The van der Waals surface area contributed by atoms with E-state index in [0.29, 0.717) is 5.03 Å². The van der Waals surface area contributed by atoms with E-state index in [2.05, 4.69) is 5.32 Å². The Labute approximate surface area is 110 Å². The summed E-state index contributed by atoms with van der Waals surface area (Å²) in [6.07, 6.45) is 1.68. The van der Waals surface area contributed by atoms with Gasteiger partial charge >= 0.3 is 11.9 Å². The minimum atomic E-state index is -0.708. The van der Waals surface area contributed by atoms with Crippen molar-refractivity contribution in [3.8, 4) is 6.07 Å². The van der Waals surface area contributed by atoms with Gasteiger partial charge in [0, 0.05) is 0 Å². The number of ether oxygens (including phenoxy) is 2. The smallest absolute Gasteiger partial charge is 0.351 e. The molecule has 0 rings (SSSR count). The quantitative estimate of drug-likeness (QED) is 0.416. The molecule has 0 aromatic carbocycles. The zero-order valence-corrected chi connectivity index (χ0v) is 11.4. The van der Waals surface area contributed by atoms with Crippen LogP contribution < -0.4 is 5.32 Å². The molecule has 0 spiro atoms. The third kappa shape index (κ3) is 5.59. The van der Waals surface area contributed by atoms with Gasteiger partial charge in [-0.15, -0.1) is 11.8 Å². The van der Waals surface area contributed by atoms with Gasteiger partial charge in [-0.1, -0.05) is 0 Å². The highest BCUT2D eigenvalue weighted by atomic mass is 32.2. The van der Waals surface area contributed by atoms with E-state index < -0.39 is 11.9 Å². The molecule has 0 bridgehead atoms. The topological polar surface area (TPSA) is 88.4 Å². The summed E-state index contributed by atoms with van der Waals surface area (Å²) in [5.74, 6) is -1.16. The van der Waals surface area contributed by atoms with Gasteiger partial charge < -0.3 is 14.8 Å². The van der Waals surface area contributed by atoms with E-state index in [1.165, 1.54) is 0 Å².